The third kappa shape index (κ3) is 10.9. The van der Waals surface area contributed by atoms with Crippen molar-refractivity contribution in [3.63, 3.8) is 0 Å². The molecular formula is C13H25O5P. The highest BCUT2D eigenvalue weighted by molar-refractivity contribution is 7.52. The lowest BCUT2D eigenvalue weighted by atomic mass is 10.2. The Bertz CT molecular complexity index is 327. The normalized spacial score (nSPS) is 13.8. The van der Waals surface area contributed by atoms with Gasteiger partial charge in [-0.15, -0.1) is 0 Å². The first-order valence-corrected chi connectivity index (χ1v) is 8.44. The lowest BCUT2D eigenvalue weighted by Gasteiger charge is -2.12. The number of hydrogen-bond donors (Lipinski definition) is 1. The van der Waals surface area contributed by atoms with Gasteiger partial charge in [-0.25, -0.2) is 4.79 Å². The zero-order valence-electron chi connectivity index (χ0n) is 11.9. The van der Waals surface area contributed by atoms with Gasteiger partial charge in [0.2, 0.25) is 0 Å². The van der Waals surface area contributed by atoms with Crippen LogP contribution >= 0.6 is 7.60 Å². The summed E-state index contributed by atoms with van der Waals surface area (Å²) in [4.78, 5) is 20.6. The van der Waals surface area contributed by atoms with Gasteiger partial charge < -0.3 is 14.2 Å². The fraction of sp³-hybridized carbons (Fsp3) is 0.769. The molecular weight excluding hydrogens is 267 g/mol. The second-order valence-electron chi connectivity index (χ2n) is 4.52. The van der Waals surface area contributed by atoms with Gasteiger partial charge in [0.15, 0.2) is 0 Å². The maximum Gasteiger partial charge on any atom is 0.333 e. The largest absolute Gasteiger partial charge is 0.462 e. The van der Waals surface area contributed by atoms with Crippen LogP contribution in [0.15, 0.2) is 12.2 Å². The third-order valence-corrected chi connectivity index (χ3v) is 3.92. The number of ether oxygens (including phenoxy) is 1. The molecule has 0 bridgehead atoms. The molecule has 0 aliphatic carbocycles. The molecule has 6 heteroatoms. The van der Waals surface area contributed by atoms with E-state index in [2.05, 4.69) is 13.5 Å². The fourth-order valence-corrected chi connectivity index (χ4v) is 2.52. The lowest BCUT2D eigenvalue weighted by Crippen LogP contribution is -2.08. The van der Waals surface area contributed by atoms with Crippen LogP contribution in [-0.2, 0) is 18.6 Å². The van der Waals surface area contributed by atoms with Crippen LogP contribution in [0.1, 0.15) is 46.0 Å². The number of hydrogen-bond acceptors (Lipinski definition) is 4. The van der Waals surface area contributed by atoms with Crippen molar-refractivity contribution in [2.24, 2.45) is 0 Å². The Morgan fingerprint density at radius 2 is 1.89 bits per heavy atom. The van der Waals surface area contributed by atoms with E-state index in [4.69, 9.17) is 9.26 Å². The molecule has 19 heavy (non-hydrogen) atoms. The molecule has 0 rings (SSSR count). The Labute approximate surface area is 115 Å². The van der Waals surface area contributed by atoms with Crippen molar-refractivity contribution in [3.05, 3.63) is 12.2 Å². The Kier molecular flexibility index (Phi) is 9.84. The first-order chi connectivity index (χ1) is 8.89. The van der Waals surface area contributed by atoms with E-state index in [9.17, 15) is 14.3 Å². The van der Waals surface area contributed by atoms with Gasteiger partial charge in [0.05, 0.1) is 13.2 Å². The first-order valence-electron chi connectivity index (χ1n) is 6.68. The highest BCUT2D eigenvalue weighted by Gasteiger charge is 2.18. The van der Waals surface area contributed by atoms with Gasteiger partial charge in [-0.05, 0) is 13.3 Å². The van der Waals surface area contributed by atoms with Crippen molar-refractivity contribution in [1.82, 2.24) is 0 Å². The summed E-state index contributed by atoms with van der Waals surface area (Å²) >= 11 is 0. The summed E-state index contributed by atoms with van der Waals surface area (Å²) in [6.07, 6.45) is 4.39. The molecule has 0 fully saturated rings. The summed E-state index contributed by atoms with van der Waals surface area (Å²) < 4.78 is 21.4. The Morgan fingerprint density at radius 3 is 2.47 bits per heavy atom. The molecule has 0 aromatic rings. The van der Waals surface area contributed by atoms with E-state index >= 15 is 0 Å². The van der Waals surface area contributed by atoms with Crippen LogP contribution in [0.4, 0.5) is 0 Å². The molecule has 0 aromatic carbocycles. The molecule has 0 aliphatic rings. The molecule has 5 nitrogen and oxygen atoms in total. The Balaban J connectivity index is 3.60. The molecule has 0 heterocycles. The minimum Gasteiger partial charge on any atom is -0.462 e. The van der Waals surface area contributed by atoms with Crippen molar-refractivity contribution in [2.45, 2.75) is 46.0 Å². The minimum absolute atomic E-state index is 0.116. The van der Waals surface area contributed by atoms with E-state index < -0.39 is 13.6 Å². The third-order valence-electron chi connectivity index (χ3n) is 2.46. The summed E-state index contributed by atoms with van der Waals surface area (Å²) in [5.41, 5.74) is 0.338. The summed E-state index contributed by atoms with van der Waals surface area (Å²) in [7, 11) is -3.47. The number of unbranched alkanes of at least 4 members (excludes halogenated alkanes) is 3. The molecule has 0 aromatic heterocycles. The highest BCUT2D eigenvalue weighted by Crippen LogP contribution is 2.42. The molecule has 0 saturated carbocycles. The van der Waals surface area contributed by atoms with Gasteiger partial charge in [0, 0.05) is 18.2 Å². The van der Waals surface area contributed by atoms with E-state index in [1.165, 1.54) is 0 Å². The van der Waals surface area contributed by atoms with Crippen LogP contribution in [0.5, 0.6) is 0 Å². The number of esters is 1. The minimum atomic E-state index is -3.47. The molecule has 0 saturated heterocycles. The maximum absolute atomic E-state index is 11.6. The van der Waals surface area contributed by atoms with Crippen molar-refractivity contribution in [3.8, 4) is 0 Å². The Morgan fingerprint density at radius 1 is 1.21 bits per heavy atom. The van der Waals surface area contributed by atoms with Crippen LogP contribution in [0.2, 0.25) is 0 Å². The van der Waals surface area contributed by atoms with Crippen LogP contribution in [0, 0.1) is 0 Å². The second kappa shape index (κ2) is 10.2. The molecule has 1 atom stereocenters. The Hall–Kier alpha value is -0.640. The predicted molar refractivity (Wildman–Crippen MR) is 75.2 cm³/mol. The summed E-state index contributed by atoms with van der Waals surface area (Å²) in [5.74, 6) is -0.452. The van der Waals surface area contributed by atoms with Crippen molar-refractivity contribution in [2.75, 3.05) is 19.4 Å². The van der Waals surface area contributed by atoms with Crippen molar-refractivity contribution in [1.29, 1.82) is 0 Å². The maximum atomic E-state index is 11.6. The standard InChI is InChI=1S/C13H25O5P/c1-4-5-6-7-11-19(15,16)18-10-8-9-17-13(14)12(2)3/h2,4-11H2,1,3H3,(H,15,16). The van der Waals surface area contributed by atoms with Gasteiger partial charge in [-0.2, -0.15) is 0 Å². The number of carbonyl (C=O) groups is 1. The average molecular weight is 292 g/mol. The van der Waals surface area contributed by atoms with Gasteiger partial charge in [0.25, 0.3) is 0 Å². The molecule has 112 valence electrons. The van der Waals surface area contributed by atoms with Gasteiger partial charge >= 0.3 is 13.6 Å². The van der Waals surface area contributed by atoms with E-state index in [1.807, 2.05) is 0 Å². The van der Waals surface area contributed by atoms with Crippen molar-refractivity contribution >= 4 is 13.6 Å². The van der Waals surface area contributed by atoms with E-state index in [0.717, 1.165) is 19.3 Å². The lowest BCUT2D eigenvalue weighted by molar-refractivity contribution is -0.139. The smallest absolute Gasteiger partial charge is 0.333 e. The first kappa shape index (κ1) is 18.4. The van der Waals surface area contributed by atoms with Crippen LogP contribution < -0.4 is 0 Å². The second-order valence-corrected chi connectivity index (χ2v) is 6.51. The number of carbonyl (C=O) groups excluding carboxylic acids is 1. The highest BCUT2D eigenvalue weighted by atomic mass is 31.2. The average Bonchev–Trinajstić information content (AvgIpc) is 2.33. The van der Waals surface area contributed by atoms with Crippen molar-refractivity contribution < 1.29 is 23.5 Å². The summed E-state index contributed by atoms with van der Waals surface area (Å²) in [6, 6.07) is 0. The zero-order chi connectivity index (χ0) is 14.7. The van der Waals surface area contributed by atoms with Gasteiger partial charge in [0.1, 0.15) is 0 Å². The molecule has 1 N–H and O–H groups in total. The fourth-order valence-electron chi connectivity index (χ4n) is 1.36. The predicted octanol–water partition coefficient (Wildman–Crippen LogP) is 3.28. The molecule has 0 aliphatic heterocycles. The van der Waals surface area contributed by atoms with E-state index in [1.54, 1.807) is 6.92 Å². The monoisotopic (exact) mass is 292 g/mol. The van der Waals surface area contributed by atoms with Gasteiger partial charge in [-0.1, -0.05) is 32.8 Å². The summed E-state index contributed by atoms with van der Waals surface area (Å²) in [5, 5.41) is 0. The quantitative estimate of drug-likeness (QED) is 0.274. The molecule has 1 unspecified atom stereocenters. The molecule has 0 spiro atoms. The van der Waals surface area contributed by atoms with E-state index in [0.29, 0.717) is 18.4 Å². The zero-order valence-corrected chi connectivity index (χ0v) is 12.8. The van der Waals surface area contributed by atoms with Crippen LogP contribution in [0.25, 0.3) is 0 Å². The number of rotatable bonds is 11. The van der Waals surface area contributed by atoms with Crippen LogP contribution in [-0.4, -0.2) is 30.2 Å². The topological polar surface area (TPSA) is 72.8 Å². The SMILES string of the molecule is C=C(C)C(=O)OCCCOP(=O)(O)CCCCCC. The van der Waals surface area contributed by atoms with E-state index in [-0.39, 0.29) is 19.4 Å². The van der Waals surface area contributed by atoms with Gasteiger partial charge in [-0.3, -0.25) is 4.57 Å². The molecule has 0 amide bonds. The summed E-state index contributed by atoms with van der Waals surface area (Å²) in [6.45, 7) is 7.39. The molecule has 0 radical (unpaired) electrons. The van der Waals surface area contributed by atoms with Crippen LogP contribution in [0.3, 0.4) is 0 Å².